The number of rotatable bonds is 3. The number of benzene rings is 4. The van der Waals surface area contributed by atoms with E-state index in [0.29, 0.717) is 0 Å². The number of hydrogen-bond donors (Lipinski definition) is 0. The predicted molar refractivity (Wildman–Crippen MR) is 169 cm³/mol. The molecule has 4 nitrogen and oxygen atoms in total. The molecule has 0 spiro atoms. The van der Waals surface area contributed by atoms with E-state index in [2.05, 4.69) is 136 Å². The lowest BCUT2D eigenvalue weighted by molar-refractivity contribution is 0.00578. The van der Waals surface area contributed by atoms with Crippen molar-refractivity contribution in [3.05, 3.63) is 114 Å². The fourth-order valence-corrected chi connectivity index (χ4v) is 8.04. The van der Waals surface area contributed by atoms with E-state index < -0.39 is 18.3 Å². The summed E-state index contributed by atoms with van der Waals surface area (Å²) in [6.45, 7) is 8.43. The maximum absolute atomic E-state index is 6.47. The van der Waals surface area contributed by atoms with E-state index in [9.17, 15) is 0 Å². The van der Waals surface area contributed by atoms with Crippen LogP contribution in [0.5, 0.6) is 0 Å². The highest BCUT2D eigenvalue weighted by Crippen LogP contribution is 2.66. The second-order valence-electron chi connectivity index (χ2n) is 12.2. The van der Waals surface area contributed by atoms with E-state index in [-0.39, 0.29) is 11.3 Å². The van der Waals surface area contributed by atoms with Gasteiger partial charge in [-0.2, -0.15) is 0 Å². The lowest BCUT2D eigenvalue weighted by Gasteiger charge is -2.32. The van der Waals surface area contributed by atoms with Crippen LogP contribution in [-0.2, 0) is 9.31 Å². The number of aromatic nitrogens is 1. The van der Waals surface area contributed by atoms with Crippen LogP contribution in [0.4, 0.5) is 11.4 Å². The number of fused-ring (bicyclic) bond motifs is 7. The first-order chi connectivity index (χ1) is 19.8. The first kappa shape index (κ1) is 25.2. The number of pyridine rings is 1. The molecule has 0 aliphatic carbocycles. The molecule has 2 atom stereocenters. The molecule has 0 radical (unpaired) electrons. The molecular formula is C35H31BN2O2S. The SMILES string of the molecule is CC1(C)OB(c2ccc3c(c2)N(c2ccccc2)C2c4c(-c5ccccc5)nc5ccccc5c4SC32)OC1(C)C. The van der Waals surface area contributed by atoms with E-state index in [1.807, 2.05) is 11.8 Å². The largest absolute Gasteiger partial charge is 0.494 e. The summed E-state index contributed by atoms with van der Waals surface area (Å²) in [6.07, 6.45) is 0. The zero-order valence-electron chi connectivity index (χ0n) is 23.7. The van der Waals surface area contributed by atoms with Gasteiger partial charge in [0.2, 0.25) is 0 Å². The molecule has 8 rings (SSSR count). The van der Waals surface area contributed by atoms with Gasteiger partial charge in [-0.25, -0.2) is 4.98 Å². The van der Waals surface area contributed by atoms with Crippen molar-refractivity contribution in [2.75, 3.05) is 4.90 Å². The number of hydrogen-bond acceptors (Lipinski definition) is 5. The Morgan fingerprint density at radius 1 is 0.780 bits per heavy atom. The summed E-state index contributed by atoms with van der Waals surface area (Å²) in [5.74, 6) is 0. The average Bonchev–Trinajstić information content (AvgIpc) is 3.59. The first-order valence-corrected chi connectivity index (χ1v) is 15.2. The Hall–Kier alpha value is -3.58. The topological polar surface area (TPSA) is 34.6 Å². The highest BCUT2D eigenvalue weighted by Gasteiger charge is 2.53. The molecule has 6 heteroatoms. The van der Waals surface area contributed by atoms with Crippen LogP contribution < -0.4 is 10.4 Å². The molecule has 1 saturated heterocycles. The van der Waals surface area contributed by atoms with Crippen molar-refractivity contribution in [2.24, 2.45) is 0 Å². The van der Waals surface area contributed by atoms with Gasteiger partial charge < -0.3 is 14.2 Å². The monoisotopic (exact) mass is 554 g/mol. The third-order valence-corrected chi connectivity index (χ3v) is 10.7. The fraction of sp³-hybridized carbons (Fsp3) is 0.229. The van der Waals surface area contributed by atoms with Crippen molar-refractivity contribution in [1.29, 1.82) is 0 Å². The summed E-state index contributed by atoms with van der Waals surface area (Å²) in [4.78, 5) is 9.16. The summed E-state index contributed by atoms with van der Waals surface area (Å²) in [6, 6.07) is 36.9. The minimum Gasteiger partial charge on any atom is -0.399 e. The molecule has 3 aliphatic heterocycles. The highest BCUT2D eigenvalue weighted by molar-refractivity contribution is 8.00. The number of nitrogens with zero attached hydrogens (tertiary/aromatic N) is 2. The lowest BCUT2D eigenvalue weighted by Crippen LogP contribution is -2.41. The van der Waals surface area contributed by atoms with Crippen molar-refractivity contribution in [2.45, 2.75) is 55.1 Å². The second kappa shape index (κ2) is 8.96. The van der Waals surface area contributed by atoms with Gasteiger partial charge in [-0.15, -0.1) is 11.8 Å². The summed E-state index contributed by atoms with van der Waals surface area (Å²) in [5.41, 5.74) is 8.56. The summed E-state index contributed by atoms with van der Waals surface area (Å²) >= 11 is 1.98. The van der Waals surface area contributed by atoms with E-state index in [4.69, 9.17) is 14.3 Å². The summed E-state index contributed by atoms with van der Waals surface area (Å²) in [7, 11) is -0.409. The van der Waals surface area contributed by atoms with Crippen LogP contribution in [0.2, 0.25) is 0 Å². The average molecular weight is 555 g/mol. The Bertz CT molecular complexity index is 1790. The van der Waals surface area contributed by atoms with Crippen LogP contribution in [0.25, 0.3) is 22.2 Å². The third kappa shape index (κ3) is 3.74. The van der Waals surface area contributed by atoms with Crippen LogP contribution in [0.15, 0.2) is 108 Å². The minimum atomic E-state index is -0.409. The molecular weight excluding hydrogens is 523 g/mol. The molecule has 3 aliphatic rings. The van der Waals surface area contributed by atoms with Gasteiger partial charge in [0.1, 0.15) is 0 Å². The summed E-state index contributed by atoms with van der Waals surface area (Å²) < 4.78 is 12.9. The van der Waals surface area contributed by atoms with Gasteiger partial charge in [-0.3, -0.25) is 0 Å². The van der Waals surface area contributed by atoms with Gasteiger partial charge in [0.15, 0.2) is 0 Å². The van der Waals surface area contributed by atoms with Crippen molar-refractivity contribution in [3.63, 3.8) is 0 Å². The fourth-order valence-electron chi connectivity index (χ4n) is 6.43. The number of para-hydroxylation sites is 2. The van der Waals surface area contributed by atoms with Crippen LogP contribution in [0, 0.1) is 0 Å². The Kier molecular flexibility index (Phi) is 5.50. The minimum absolute atomic E-state index is 0.105. The second-order valence-corrected chi connectivity index (χ2v) is 13.3. The molecule has 41 heavy (non-hydrogen) atoms. The summed E-state index contributed by atoms with van der Waals surface area (Å²) in [5, 5.41) is 1.47. The quantitative estimate of drug-likeness (QED) is 0.210. The molecule has 1 aromatic heterocycles. The maximum Gasteiger partial charge on any atom is 0.494 e. The molecule has 202 valence electrons. The van der Waals surface area contributed by atoms with Crippen LogP contribution in [0.1, 0.15) is 50.1 Å². The van der Waals surface area contributed by atoms with Gasteiger partial charge in [-0.05, 0) is 63.0 Å². The molecule has 2 unspecified atom stereocenters. The zero-order valence-corrected chi connectivity index (χ0v) is 24.5. The van der Waals surface area contributed by atoms with Crippen LogP contribution in [-0.4, -0.2) is 23.3 Å². The predicted octanol–water partition coefficient (Wildman–Crippen LogP) is 8.24. The molecule has 4 heterocycles. The van der Waals surface area contributed by atoms with Crippen molar-refractivity contribution < 1.29 is 9.31 Å². The van der Waals surface area contributed by atoms with E-state index in [0.717, 1.165) is 22.2 Å². The molecule has 0 N–H and O–H groups in total. The highest BCUT2D eigenvalue weighted by atomic mass is 32.2. The van der Waals surface area contributed by atoms with Gasteiger partial charge in [-0.1, -0.05) is 78.9 Å². The molecule has 5 aromatic rings. The van der Waals surface area contributed by atoms with E-state index in [1.165, 1.54) is 32.8 Å². The van der Waals surface area contributed by atoms with Crippen molar-refractivity contribution >= 4 is 46.6 Å². The van der Waals surface area contributed by atoms with E-state index >= 15 is 0 Å². The number of anilines is 2. The molecule has 4 aromatic carbocycles. The standard InChI is InChI=1S/C35H31BN2O2S/c1-34(2)35(3,4)40-36(39-34)23-19-20-26-28(21-23)38(24-15-9-6-10-16-24)31-29-30(22-13-7-5-8-14-22)37-27-18-12-11-17-25(27)32(29)41-33(26)31/h5-21,31,33H,1-4H3. The van der Waals surface area contributed by atoms with Gasteiger partial charge in [0, 0.05) is 32.8 Å². The van der Waals surface area contributed by atoms with Gasteiger partial charge in [0.25, 0.3) is 0 Å². The normalized spacial score (nSPS) is 21.7. The number of thioether (sulfide) groups is 1. The molecule has 0 bridgehead atoms. The van der Waals surface area contributed by atoms with Crippen molar-refractivity contribution in [1.82, 2.24) is 4.98 Å². The first-order valence-electron chi connectivity index (χ1n) is 14.3. The van der Waals surface area contributed by atoms with Crippen molar-refractivity contribution in [3.8, 4) is 11.3 Å². The van der Waals surface area contributed by atoms with Gasteiger partial charge >= 0.3 is 7.12 Å². The third-order valence-electron chi connectivity index (χ3n) is 9.21. The Morgan fingerprint density at radius 2 is 1.44 bits per heavy atom. The Labute approximate surface area is 245 Å². The van der Waals surface area contributed by atoms with Crippen LogP contribution in [0.3, 0.4) is 0 Å². The maximum atomic E-state index is 6.47. The van der Waals surface area contributed by atoms with E-state index in [1.54, 1.807) is 0 Å². The molecule has 1 fully saturated rings. The Balaban J connectivity index is 1.33. The lowest BCUT2D eigenvalue weighted by atomic mass is 9.78. The molecule has 0 saturated carbocycles. The molecule has 0 amide bonds. The Morgan fingerprint density at radius 3 is 2.17 bits per heavy atom. The smallest absolute Gasteiger partial charge is 0.399 e. The van der Waals surface area contributed by atoms with Gasteiger partial charge in [0.05, 0.1) is 33.7 Å². The zero-order chi connectivity index (χ0) is 27.9. The van der Waals surface area contributed by atoms with Crippen LogP contribution >= 0.6 is 11.8 Å².